The van der Waals surface area contributed by atoms with E-state index in [1.54, 1.807) is 13.3 Å². The lowest BCUT2D eigenvalue weighted by molar-refractivity contribution is -0.0415. The lowest BCUT2D eigenvalue weighted by Gasteiger charge is -2.54. The standard InChI is InChI=1S/C30H39N5O/c1-36-29-19-31-27(18-32-29)30-33-26-11-4-5-12-28(26)35(30)25-16-22-9-6-10-23(17-25)34(22)24-14-20-7-2-3-8-21(13-20)15-24/h4-5,11-12,18-25H,2-3,6-10,13-17H2,1H3/t20-,21+,22-,23+,24?,25?. The number of rotatable bonds is 4. The van der Waals surface area contributed by atoms with Crippen LogP contribution in [0, 0.1) is 11.8 Å². The molecule has 2 aliphatic heterocycles. The predicted molar refractivity (Wildman–Crippen MR) is 142 cm³/mol. The minimum absolute atomic E-state index is 0.453. The molecule has 3 aromatic rings. The molecule has 7 rings (SSSR count). The minimum atomic E-state index is 0.453. The van der Waals surface area contributed by atoms with Crippen molar-refractivity contribution in [2.24, 2.45) is 11.8 Å². The summed E-state index contributed by atoms with van der Waals surface area (Å²) in [5.74, 6) is 3.45. The molecule has 6 atom stereocenters. The maximum atomic E-state index is 5.26. The Labute approximate surface area is 214 Å². The quantitative estimate of drug-likeness (QED) is 0.427. The number of hydrogen-bond acceptors (Lipinski definition) is 5. The molecule has 2 unspecified atom stereocenters. The molecule has 2 aliphatic carbocycles. The first kappa shape index (κ1) is 22.7. The Kier molecular flexibility index (Phi) is 5.95. The van der Waals surface area contributed by atoms with Crippen molar-refractivity contribution in [3.8, 4) is 17.4 Å². The van der Waals surface area contributed by atoms with E-state index in [2.05, 4.69) is 38.7 Å². The summed E-state index contributed by atoms with van der Waals surface area (Å²) in [7, 11) is 1.63. The van der Waals surface area contributed by atoms with Gasteiger partial charge in [-0.3, -0.25) is 4.90 Å². The molecule has 4 fully saturated rings. The molecule has 2 saturated carbocycles. The number of fused-ring (bicyclic) bond motifs is 5. The number of piperidine rings is 2. The third-order valence-corrected chi connectivity index (χ3v) is 9.81. The molecule has 36 heavy (non-hydrogen) atoms. The first-order chi connectivity index (χ1) is 17.8. The Morgan fingerprint density at radius 2 is 1.50 bits per heavy atom. The van der Waals surface area contributed by atoms with Crippen LogP contribution in [-0.2, 0) is 0 Å². The summed E-state index contributed by atoms with van der Waals surface area (Å²) in [4.78, 5) is 17.3. The number of imidazole rings is 1. The number of methoxy groups -OCH3 is 1. The smallest absolute Gasteiger partial charge is 0.232 e. The summed E-state index contributed by atoms with van der Waals surface area (Å²) in [5, 5.41) is 0. The first-order valence-corrected chi connectivity index (χ1v) is 14.4. The van der Waals surface area contributed by atoms with Gasteiger partial charge in [0.1, 0.15) is 5.69 Å². The highest BCUT2D eigenvalue weighted by molar-refractivity contribution is 5.80. The van der Waals surface area contributed by atoms with Crippen LogP contribution in [0.4, 0.5) is 0 Å². The Balaban J connectivity index is 1.22. The molecule has 2 aromatic heterocycles. The minimum Gasteiger partial charge on any atom is -0.480 e. The summed E-state index contributed by atoms with van der Waals surface area (Å²) < 4.78 is 7.77. The fourth-order valence-corrected chi connectivity index (χ4v) is 8.44. The van der Waals surface area contributed by atoms with Crippen LogP contribution >= 0.6 is 0 Å². The molecular weight excluding hydrogens is 446 g/mol. The predicted octanol–water partition coefficient (Wildman–Crippen LogP) is 6.42. The third kappa shape index (κ3) is 4.02. The molecule has 6 nitrogen and oxygen atoms in total. The van der Waals surface area contributed by atoms with Crippen LogP contribution in [0.5, 0.6) is 5.88 Å². The molecule has 4 heterocycles. The molecule has 2 saturated heterocycles. The van der Waals surface area contributed by atoms with Crippen molar-refractivity contribution < 1.29 is 4.74 Å². The van der Waals surface area contributed by atoms with Gasteiger partial charge in [0.2, 0.25) is 5.88 Å². The molecule has 4 bridgehead atoms. The highest BCUT2D eigenvalue weighted by atomic mass is 16.5. The van der Waals surface area contributed by atoms with Crippen molar-refractivity contribution in [2.75, 3.05) is 7.11 Å². The largest absolute Gasteiger partial charge is 0.480 e. The van der Waals surface area contributed by atoms with Crippen molar-refractivity contribution in [1.29, 1.82) is 0 Å². The molecule has 0 amide bonds. The SMILES string of the molecule is COc1cnc(-c2nc3ccccc3n2C2C[C@H]3CCC[C@@H](C2)N3C2C[C@H]3CCCC[C@@H](C2)C3)cn1. The Bertz CT molecular complexity index is 1180. The van der Waals surface area contributed by atoms with E-state index in [0.717, 1.165) is 34.9 Å². The van der Waals surface area contributed by atoms with Crippen LogP contribution in [-0.4, -0.2) is 49.7 Å². The van der Waals surface area contributed by atoms with Gasteiger partial charge in [0.25, 0.3) is 0 Å². The Morgan fingerprint density at radius 1 is 0.750 bits per heavy atom. The highest BCUT2D eigenvalue weighted by Crippen LogP contribution is 2.47. The second kappa shape index (κ2) is 9.44. The zero-order valence-electron chi connectivity index (χ0n) is 21.6. The molecule has 6 heteroatoms. The van der Waals surface area contributed by atoms with Gasteiger partial charge in [-0.05, 0) is 68.9 Å². The lowest BCUT2D eigenvalue weighted by atomic mass is 9.73. The van der Waals surface area contributed by atoms with E-state index < -0.39 is 0 Å². The van der Waals surface area contributed by atoms with E-state index in [0.29, 0.717) is 24.0 Å². The fourth-order valence-electron chi connectivity index (χ4n) is 8.44. The number of aromatic nitrogens is 4. The highest BCUT2D eigenvalue weighted by Gasteiger charge is 2.45. The number of para-hydroxylation sites is 2. The van der Waals surface area contributed by atoms with Gasteiger partial charge in [-0.25, -0.2) is 15.0 Å². The maximum Gasteiger partial charge on any atom is 0.232 e. The maximum absolute atomic E-state index is 5.26. The fraction of sp³-hybridized carbons (Fsp3) is 0.633. The Hall–Kier alpha value is -2.47. The summed E-state index contributed by atoms with van der Waals surface area (Å²) >= 11 is 0. The van der Waals surface area contributed by atoms with Crippen molar-refractivity contribution in [2.45, 2.75) is 101 Å². The van der Waals surface area contributed by atoms with E-state index in [-0.39, 0.29) is 0 Å². The van der Waals surface area contributed by atoms with E-state index in [1.807, 2.05) is 6.20 Å². The van der Waals surface area contributed by atoms with Crippen LogP contribution in [0.25, 0.3) is 22.6 Å². The normalized spacial score (nSPS) is 32.8. The molecule has 0 N–H and O–H groups in total. The van der Waals surface area contributed by atoms with Gasteiger partial charge < -0.3 is 9.30 Å². The average Bonchev–Trinajstić information content (AvgIpc) is 3.21. The number of benzene rings is 1. The van der Waals surface area contributed by atoms with Crippen LogP contribution in [0.1, 0.15) is 83.1 Å². The molecule has 0 spiro atoms. The number of nitrogens with zero attached hydrogens (tertiary/aromatic N) is 5. The zero-order valence-corrected chi connectivity index (χ0v) is 21.6. The van der Waals surface area contributed by atoms with E-state index in [4.69, 9.17) is 14.7 Å². The summed E-state index contributed by atoms with van der Waals surface area (Å²) in [6, 6.07) is 11.3. The second-order valence-electron chi connectivity index (χ2n) is 11.9. The van der Waals surface area contributed by atoms with Crippen LogP contribution in [0.15, 0.2) is 36.7 Å². The summed E-state index contributed by atoms with van der Waals surface area (Å²) in [6.07, 6.45) is 20.4. The lowest BCUT2D eigenvalue weighted by Crippen LogP contribution is -2.58. The molecule has 4 aliphatic rings. The molecular formula is C30H39N5O. The van der Waals surface area contributed by atoms with Gasteiger partial charge in [-0.15, -0.1) is 0 Å². The summed E-state index contributed by atoms with van der Waals surface area (Å²) in [6.45, 7) is 0. The van der Waals surface area contributed by atoms with E-state index in [1.165, 1.54) is 82.6 Å². The Morgan fingerprint density at radius 3 is 2.19 bits per heavy atom. The molecule has 1 aromatic carbocycles. The van der Waals surface area contributed by atoms with Gasteiger partial charge in [0.15, 0.2) is 5.82 Å². The molecule has 190 valence electrons. The van der Waals surface area contributed by atoms with Crippen LogP contribution in [0.3, 0.4) is 0 Å². The average molecular weight is 486 g/mol. The van der Waals surface area contributed by atoms with E-state index in [9.17, 15) is 0 Å². The van der Waals surface area contributed by atoms with Crippen LogP contribution < -0.4 is 4.74 Å². The van der Waals surface area contributed by atoms with Crippen molar-refractivity contribution in [3.63, 3.8) is 0 Å². The van der Waals surface area contributed by atoms with Gasteiger partial charge in [0, 0.05) is 24.2 Å². The van der Waals surface area contributed by atoms with Gasteiger partial charge in [0.05, 0.1) is 30.5 Å². The zero-order chi connectivity index (χ0) is 24.1. The number of hydrogen-bond donors (Lipinski definition) is 0. The van der Waals surface area contributed by atoms with Gasteiger partial charge >= 0.3 is 0 Å². The van der Waals surface area contributed by atoms with Crippen molar-refractivity contribution in [1.82, 2.24) is 24.4 Å². The van der Waals surface area contributed by atoms with Gasteiger partial charge in [-0.1, -0.05) is 44.2 Å². The monoisotopic (exact) mass is 485 g/mol. The molecule has 0 radical (unpaired) electrons. The van der Waals surface area contributed by atoms with Gasteiger partial charge in [-0.2, -0.15) is 0 Å². The second-order valence-corrected chi connectivity index (χ2v) is 11.9. The van der Waals surface area contributed by atoms with Crippen LogP contribution in [0.2, 0.25) is 0 Å². The third-order valence-electron chi connectivity index (χ3n) is 9.81. The van der Waals surface area contributed by atoms with E-state index >= 15 is 0 Å². The first-order valence-electron chi connectivity index (χ1n) is 14.4. The summed E-state index contributed by atoms with van der Waals surface area (Å²) in [5.41, 5.74) is 3.11. The topological polar surface area (TPSA) is 56.1 Å². The van der Waals surface area contributed by atoms with Crippen molar-refractivity contribution >= 4 is 11.0 Å². The number of ether oxygens (including phenoxy) is 1. The van der Waals surface area contributed by atoms with Crippen molar-refractivity contribution in [3.05, 3.63) is 36.7 Å².